The minimum absolute atomic E-state index is 0.0365. The Hall–Kier alpha value is -1.26. The van der Waals surface area contributed by atoms with Gasteiger partial charge in [-0.15, -0.1) is 0 Å². The molecule has 0 aliphatic heterocycles. The molecule has 0 heterocycles. The summed E-state index contributed by atoms with van der Waals surface area (Å²) in [6, 6.07) is 0.139. The predicted molar refractivity (Wildman–Crippen MR) is 71.4 cm³/mol. The van der Waals surface area contributed by atoms with E-state index in [9.17, 15) is 4.79 Å². The van der Waals surface area contributed by atoms with Crippen molar-refractivity contribution in [2.24, 2.45) is 22.2 Å². The highest BCUT2D eigenvalue weighted by Gasteiger charge is 2.54. The Morgan fingerprint density at radius 3 is 2.44 bits per heavy atom. The van der Waals surface area contributed by atoms with Crippen LogP contribution in [-0.2, 0) is 4.79 Å². The Bertz CT molecular complexity index is 322. The molecule has 1 atom stereocenters. The van der Waals surface area contributed by atoms with Gasteiger partial charge in [0.2, 0.25) is 5.91 Å². The zero-order chi connectivity index (χ0) is 13.8. The van der Waals surface area contributed by atoms with Gasteiger partial charge in [0.25, 0.3) is 0 Å². The van der Waals surface area contributed by atoms with Gasteiger partial charge in [-0.2, -0.15) is 0 Å². The van der Waals surface area contributed by atoms with E-state index < -0.39 is 5.41 Å². The standard InChI is InChI=1S/C13H25N3O2/c1-9(2)5-4-6-10(3)15-12(17)13(7-8-13)11(14)16-18/h9-10,18H,4-8H2,1-3H3,(H2,14,16)(H,15,17). The molecule has 5 nitrogen and oxygen atoms in total. The molecule has 1 aliphatic rings. The van der Waals surface area contributed by atoms with Crippen molar-refractivity contribution in [1.82, 2.24) is 5.32 Å². The minimum Gasteiger partial charge on any atom is -0.409 e. The average molecular weight is 255 g/mol. The molecule has 1 amide bonds. The molecule has 104 valence electrons. The number of nitrogens with two attached hydrogens (primary N) is 1. The third-order valence-electron chi connectivity index (χ3n) is 3.58. The van der Waals surface area contributed by atoms with E-state index in [4.69, 9.17) is 10.9 Å². The molecule has 1 saturated carbocycles. The van der Waals surface area contributed by atoms with Crippen LogP contribution in [0.15, 0.2) is 5.16 Å². The molecule has 18 heavy (non-hydrogen) atoms. The van der Waals surface area contributed by atoms with E-state index in [1.807, 2.05) is 6.92 Å². The molecule has 0 aromatic rings. The van der Waals surface area contributed by atoms with Gasteiger partial charge in [0, 0.05) is 6.04 Å². The lowest BCUT2D eigenvalue weighted by molar-refractivity contribution is -0.124. The lowest BCUT2D eigenvalue weighted by Crippen LogP contribution is -2.44. The van der Waals surface area contributed by atoms with Crippen molar-refractivity contribution in [2.75, 3.05) is 0 Å². The van der Waals surface area contributed by atoms with Gasteiger partial charge in [0.05, 0.1) is 0 Å². The van der Waals surface area contributed by atoms with Crippen LogP contribution in [0.25, 0.3) is 0 Å². The van der Waals surface area contributed by atoms with E-state index in [1.54, 1.807) is 0 Å². The second-order valence-electron chi connectivity index (χ2n) is 5.77. The molecule has 1 unspecified atom stereocenters. The molecular formula is C13H25N3O2. The number of carbonyl (C=O) groups excluding carboxylic acids is 1. The fourth-order valence-electron chi connectivity index (χ4n) is 2.09. The second kappa shape index (κ2) is 6.07. The van der Waals surface area contributed by atoms with Gasteiger partial charge < -0.3 is 16.3 Å². The minimum atomic E-state index is -0.735. The Morgan fingerprint density at radius 1 is 1.39 bits per heavy atom. The van der Waals surface area contributed by atoms with Crippen LogP contribution in [0.5, 0.6) is 0 Å². The first-order valence-electron chi connectivity index (χ1n) is 6.71. The number of nitrogens with one attached hydrogen (secondary N) is 1. The van der Waals surface area contributed by atoms with E-state index in [0.29, 0.717) is 18.8 Å². The zero-order valence-corrected chi connectivity index (χ0v) is 11.6. The molecule has 1 fully saturated rings. The number of amides is 1. The quantitative estimate of drug-likeness (QED) is 0.281. The predicted octanol–water partition coefficient (Wildman–Crippen LogP) is 1.84. The molecule has 1 aliphatic carbocycles. The van der Waals surface area contributed by atoms with Crippen LogP contribution < -0.4 is 11.1 Å². The fourth-order valence-corrected chi connectivity index (χ4v) is 2.09. The Kier molecular flexibility index (Phi) is 4.99. The third kappa shape index (κ3) is 3.62. The van der Waals surface area contributed by atoms with Crippen molar-refractivity contribution >= 4 is 11.7 Å². The third-order valence-corrected chi connectivity index (χ3v) is 3.58. The summed E-state index contributed by atoms with van der Waals surface area (Å²) in [5, 5.41) is 14.6. The number of nitrogens with zero attached hydrogens (tertiary/aromatic N) is 1. The number of oxime groups is 1. The van der Waals surface area contributed by atoms with Crippen LogP contribution in [0, 0.1) is 11.3 Å². The summed E-state index contributed by atoms with van der Waals surface area (Å²) in [5.41, 5.74) is 4.83. The van der Waals surface area contributed by atoms with Crippen molar-refractivity contribution in [3.63, 3.8) is 0 Å². The first-order chi connectivity index (χ1) is 8.42. The Morgan fingerprint density at radius 2 is 2.00 bits per heavy atom. The van der Waals surface area contributed by atoms with Crippen molar-refractivity contribution < 1.29 is 10.0 Å². The summed E-state index contributed by atoms with van der Waals surface area (Å²) in [6.07, 6.45) is 4.60. The first kappa shape index (κ1) is 14.8. The summed E-state index contributed by atoms with van der Waals surface area (Å²) in [5.74, 6) is 0.629. The lowest BCUT2D eigenvalue weighted by atomic mass is 10.0. The van der Waals surface area contributed by atoms with E-state index in [1.165, 1.54) is 6.42 Å². The van der Waals surface area contributed by atoms with Crippen molar-refractivity contribution in [3.05, 3.63) is 0 Å². The lowest BCUT2D eigenvalue weighted by Gasteiger charge is -2.19. The first-order valence-corrected chi connectivity index (χ1v) is 6.71. The van der Waals surface area contributed by atoms with Crippen molar-refractivity contribution in [1.29, 1.82) is 0 Å². The van der Waals surface area contributed by atoms with E-state index in [2.05, 4.69) is 24.3 Å². The maximum atomic E-state index is 12.1. The Labute approximate surface area is 109 Å². The fraction of sp³-hybridized carbons (Fsp3) is 0.846. The Balaban J connectivity index is 2.36. The summed E-state index contributed by atoms with van der Waals surface area (Å²) in [4.78, 5) is 12.1. The highest BCUT2D eigenvalue weighted by atomic mass is 16.4. The number of amidine groups is 1. The molecule has 0 radical (unpaired) electrons. The maximum Gasteiger partial charge on any atom is 0.234 e. The number of hydrogen-bond donors (Lipinski definition) is 3. The van der Waals surface area contributed by atoms with Crippen LogP contribution in [0.3, 0.4) is 0 Å². The van der Waals surface area contributed by atoms with Crippen molar-refractivity contribution in [3.8, 4) is 0 Å². The highest BCUT2D eigenvalue weighted by Crippen LogP contribution is 2.46. The van der Waals surface area contributed by atoms with E-state index in [0.717, 1.165) is 12.8 Å². The largest absolute Gasteiger partial charge is 0.409 e. The highest BCUT2D eigenvalue weighted by molar-refractivity contribution is 6.09. The normalized spacial score (nSPS) is 19.7. The molecule has 5 heteroatoms. The SMILES string of the molecule is CC(C)CCCC(C)NC(=O)C1(C(N)=NO)CC1. The van der Waals surface area contributed by atoms with Crippen LogP contribution in [0.4, 0.5) is 0 Å². The molecule has 0 spiro atoms. The molecule has 1 rings (SSSR count). The van der Waals surface area contributed by atoms with Gasteiger partial charge in [-0.05, 0) is 32.1 Å². The molecule has 0 saturated heterocycles. The summed E-state index contributed by atoms with van der Waals surface area (Å²) in [7, 11) is 0. The number of hydrogen-bond acceptors (Lipinski definition) is 3. The van der Waals surface area contributed by atoms with E-state index >= 15 is 0 Å². The number of carbonyl (C=O) groups is 1. The zero-order valence-electron chi connectivity index (χ0n) is 11.6. The van der Waals surface area contributed by atoms with Gasteiger partial charge >= 0.3 is 0 Å². The molecule has 0 bridgehead atoms. The van der Waals surface area contributed by atoms with Crippen LogP contribution in [-0.4, -0.2) is 23.0 Å². The summed E-state index contributed by atoms with van der Waals surface area (Å²) in [6.45, 7) is 6.39. The van der Waals surface area contributed by atoms with Gasteiger partial charge in [-0.1, -0.05) is 31.8 Å². The second-order valence-corrected chi connectivity index (χ2v) is 5.77. The van der Waals surface area contributed by atoms with Gasteiger partial charge in [-0.3, -0.25) is 4.79 Å². The van der Waals surface area contributed by atoms with Crippen LogP contribution in [0.2, 0.25) is 0 Å². The van der Waals surface area contributed by atoms with Crippen LogP contribution in [0.1, 0.15) is 52.9 Å². The molecule has 0 aromatic heterocycles. The average Bonchev–Trinajstić information content (AvgIpc) is 3.08. The van der Waals surface area contributed by atoms with Crippen molar-refractivity contribution in [2.45, 2.75) is 58.9 Å². The molecular weight excluding hydrogens is 230 g/mol. The maximum absolute atomic E-state index is 12.1. The van der Waals surface area contributed by atoms with E-state index in [-0.39, 0.29) is 17.8 Å². The van der Waals surface area contributed by atoms with Gasteiger partial charge in [-0.25, -0.2) is 0 Å². The smallest absolute Gasteiger partial charge is 0.234 e. The number of rotatable bonds is 7. The summed E-state index contributed by atoms with van der Waals surface area (Å²) < 4.78 is 0. The van der Waals surface area contributed by atoms with Gasteiger partial charge in [0.1, 0.15) is 5.41 Å². The summed E-state index contributed by atoms with van der Waals surface area (Å²) >= 11 is 0. The molecule has 4 N–H and O–H groups in total. The van der Waals surface area contributed by atoms with Gasteiger partial charge in [0.15, 0.2) is 5.84 Å². The van der Waals surface area contributed by atoms with Crippen LogP contribution >= 0.6 is 0 Å². The monoisotopic (exact) mass is 255 g/mol. The molecule has 0 aromatic carbocycles. The topological polar surface area (TPSA) is 87.7 Å².